The first-order chi connectivity index (χ1) is 20.7. The van der Waals surface area contributed by atoms with Gasteiger partial charge in [-0.15, -0.1) is 0 Å². The third kappa shape index (κ3) is 7.72. The molecule has 0 N–H and O–H groups in total. The van der Waals surface area contributed by atoms with Gasteiger partial charge >= 0.3 is 6.09 Å². The fourth-order valence-electron chi connectivity index (χ4n) is 5.74. The van der Waals surface area contributed by atoms with Crippen molar-refractivity contribution in [2.24, 2.45) is 5.92 Å². The Hall–Kier alpha value is -2.11. The summed E-state index contributed by atoms with van der Waals surface area (Å²) in [6, 6.07) is 4.93. The second-order valence-electron chi connectivity index (χ2n) is 14.2. The van der Waals surface area contributed by atoms with Crippen LogP contribution in [0.15, 0.2) is 18.2 Å². The molecule has 3 atom stereocenters. The number of benzene rings is 1. The number of carbonyl (C=O) groups is 2. The number of anilines is 1. The summed E-state index contributed by atoms with van der Waals surface area (Å²) in [7, 11) is -7.83. The lowest BCUT2D eigenvalue weighted by atomic mass is 10.0. The Labute approximate surface area is 273 Å². The molecule has 0 unspecified atom stereocenters. The van der Waals surface area contributed by atoms with Crippen molar-refractivity contribution >= 4 is 67.0 Å². The third-order valence-electron chi connectivity index (χ3n) is 8.09. The van der Waals surface area contributed by atoms with E-state index in [1.165, 1.54) is 19.9 Å². The zero-order valence-corrected chi connectivity index (χ0v) is 31.2. The molecule has 16 heteroatoms. The molecule has 1 aromatic heterocycles. The number of nitrogens with zero attached hydrogens (tertiary/aromatic N) is 5. The predicted octanol–water partition coefficient (Wildman–Crippen LogP) is 4.71. The molecule has 0 aliphatic carbocycles. The zero-order valence-electron chi connectivity index (χ0n) is 27.7. The number of sulfonamides is 1. The topological polar surface area (TPSA) is 138 Å². The van der Waals surface area contributed by atoms with Crippen LogP contribution in [0.1, 0.15) is 53.0 Å². The van der Waals surface area contributed by atoms with Gasteiger partial charge in [-0.1, -0.05) is 50.9 Å². The van der Waals surface area contributed by atoms with E-state index in [2.05, 4.69) is 19.6 Å². The molecule has 4 rings (SSSR count). The van der Waals surface area contributed by atoms with Gasteiger partial charge in [0.15, 0.2) is 5.13 Å². The molecule has 0 spiro atoms. The van der Waals surface area contributed by atoms with E-state index < -0.39 is 52.0 Å². The van der Waals surface area contributed by atoms with E-state index in [4.69, 9.17) is 9.72 Å². The van der Waals surface area contributed by atoms with Gasteiger partial charge in [0, 0.05) is 28.2 Å². The van der Waals surface area contributed by atoms with E-state index in [1.807, 2.05) is 6.92 Å². The number of hydrogen-bond acceptors (Lipinski definition) is 9. The lowest BCUT2D eigenvalue weighted by molar-refractivity contribution is -0.120. The zero-order chi connectivity index (χ0) is 33.7. The molecule has 0 saturated carbocycles. The maximum atomic E-state index is 13.5. The molecule has 2 aliphatic rings. The van der Waals surface area contributed by atoms with E-state index >= 15 is 0 Å². The number of amides is 2. The molecule has 2 fully saturated rings. The van der Waals surface area contributed by atoms with Crippen LogP contribution in [0.25, 0.3) is 10.2 Å². The Bertz CT molecular complexity index is 1650. The minimum atomic E-state index is -3.97. The highest BCUT2D eigenvalue weighted by molar-refractivity contribution is 7.89. The Morgan fingerprint density at radius 2 is 1.84 bits per heavy atom. The standard InChI is InChI=1S/C29H47N5O7S3Si/c1-10-14-31(6)44(39,40)32-15-13-23-25(32)20(2)26(35)34(23)27-30-22-12-11-21(18-24(22)42-27)19-33(28(36)41-29(3,4)5)43(37,38)16-17-45(7,8)9/h11-12,18,20,23,25H,10,13-17,19H2,1-9H3/t20-,23-,25+/m0/s1. The molecule has 252 valence electrons. The van der Waals surface area contributed by atoms with Crippen molar-refractivity contribution in [1.82, 2.24) is 17.9 Å². The van der Waals surface area contributed by atoms with Crippen molar-refractivity contribution in [2.45, 2.75) is 97.4 Å². The third-order valence-corrected chi connectivity index (χ3v) is 14.9. The number of aromatic nitrogens is 1. The minimum absolute atomic E-state index is 0.145. The Balaban J connectivity index is 1.62. The van der Waals surface area contributed by atoms with Gasteiger partial charge in [0.1, 0.15) is 5.60 Å². The summed E-state index contributed by atoms with van der Waals surface area (Å²) in [5, 5.41) is 0.472. The summed E-state index contributed by atoms with van der Waals surface area (Å²) in [5.74, 6) is -0.853. The largest absolute Gasteiger partial charge is 0.443 e. The Kier molecular flexibility index (Phi) is 10.2. The Morgan fingerprint density at radius 3 is 2.44 bits per heavy atom. The molecule has 2 aliphatic heterocycles. The highest BCUT2D eigenvalue weighted by Crippen LogP contribution is 2.43. The van der Waals surface area contributed by atoms with Crippen LogP contribution in [0.5, 0.6) is 0 Å². The second-order valence-corrected chi connectivity index (χ2v) is 24.8. The van der Waals surface area contributed by atoms with Crippen molar-refractivity contribution in [3.8, 4) is 0 Å². The van der Waals surface area contributed by atoms with Gasteiger partial charge in [-0.25, -0.2) is 18.2 Å². The number of ether oxygens (including phenoxy) is 1. The van der Waals surface area contributed by atoms with Gasteiger partial charge in [-0.3, -0.25) is 9.69 Å². The monoisotopic (exact) mass is 701 g/mol. The van der Waals surface area contributed by atoms with Gasteiger partial charge < -0.3 is 4.74 Å². The van der Waals surface area contributed by atoms with Crippen molar-refractivity contribution in [1.29, 1.82) is 0 Å². The van der Waals surface area contributed by atoms with Gasteiger partial charge in [0.25, 0.3) is 10.2 Å². The van der Waals surface area contributed by atoms with Gasteiger partial charge in [0.2, 0.25) is 15.9 Å². The number of thiazole rings is 1. The molecule has 45 heavy (non-hydrogen) atoms. The summed E-state index contributed by atoms with van der Waals surface area (Å²) in [5.41, 5.74) is 0.326. The van der Waals surface area contributed by atoms with Crippen molar-refractivity contribution in [3.63, 3.8) is 0 Å². The van der Waals surface area contributed by atoms with E-state index in [0.717, 1.165) is 9.01 Å². The molecular weight excluding hydrogens is 655 g/mol. The molecule has 0 radical (unpaired) electrons. The molecule has 2 amide bonds. The Morgan fingerprint density at radius 1 is 1.18 bits per heavy atom. The maximum Gasteiger partial charge on any atom is 0.424 e. The quantitative estimate of drug-likeness (QED) is 0.307. The van der Waals surface area contributed by atoms with Gasteiger partial charge in [-0.2, -0.15) is 21.3 Å². The minimum Gasteiger partial charge on any atom is -0.443 e. The normalized spacial score (nSPS) is 21.6. The lowest BCUT2D eigenvalue weighted by Crippen LogP contribution is -2.48. The van der Waals surface area contributed by atoms with Crippen LogP contribution < -0.4 is 4.90 Å². The number of fused-ring (bicyclic) bond motifs is 2. The lowest BCUT2D eigenvalue weighted by Gasteiger charge is -2.29. The van der Waals surface area contributed by atoms with Crippen LogP contribution in [0.3, 0.4) is 0 Å². The van der Waals surface area contributed by atoms with E-state index in [9.17, 15) is 26.4 Å². The average molecular weight is 702 g/mol. The molecule has 2 saturated heterocycles. The fourth-order valence-corrected chi connectivity index (χ4v) is 12.9. The highest BCUT2D eigenvalue weighted by atomic mass is 32.2. The molecule has 3 heterocycles. The van der Waals surface area contributed by atoms with Gasteiger partial charge in [-0.05, 0) is 57.4 Å². The summed E-state index contributed by atoms with van der Waals surface area (Å²) in [6.07, 6.45) is 0.267. The first kappa shape index (κ1) is 35.7. The maximum absolute atomic E-state index is 13.5. The average Bonchev–Trinajstić information content (AvgIpc) is 3.59. The van der Waals surface area contributed by atoms with E-state index in [1.54, 1.807) is 57.8 Å². The number of carbonyl (C=O) groups excluding carboxylic acids is 2. The van der Waals surface area contributed by atoms with Crippen molar-refractivity contribution in [2.75, 3.05) is 30.8 Å². The van der Waals surface area contributed by atoms with Crippen LogP contribution in [-0.2, 0) is 36.3 Å². The molecular formula is C29H47N5O7S3Si. The predicted molar refractivity (Wildman–Crippen MR) is 181 cm³/mol. The first-order valence-electron chi connectivity index (χ1n) is 15.4. The SMILES string of the molecule is CCCN(C)S(=O)(=O)N1CC[C@H]2[C@H]1[C@H](C)C(=O)N2c1nc2ccc(CN(C(=O)OC(C)(C)C)S(=O)(=O)CC[Si](C)(C)C)cc2s1. The smallest absolute Gasteiger partial charge is 0.424 e. The van der Waals surface area contributed by atoms with E-state index in [0.29, 0.717) is 48.2 Å². The van der Waals surface area contributed by atoms with Crippen LogP contribution in [0.2, 0.25) is 25.7 Å². The second kappa shape index (κ2) is 12.8. The van der Waals surface area contributed by atoms with Crippen molar-refractivity contribution < 1.29 is 31.2 Å². The van der Waals surface area contributed by atoms with Crippen LogP contribution in [0, 0.1) is 5.92 Å². The molecule has 2 aromatic rings. The summed E-state index contributed by atoms with van der Waals surface area (Å²) >= 11 is 1.29. The van der Waals surface area contributed by atoms with Crippen molar-refractivity contribution in [3.05, 3.63) is 23.8 Å². The number of rotatable bonds is 11. The molecule has 1 aromatic carbocycles. The van der Waals surface area contributed by atoms with Crippen LogP contribution in [0.4, 0.5) is 9.93 Å². The fraction of sp³-hybridized carbons (Fsp3) is 0.690. The molecule has 12 nitrogen and oxygen atoms in total. The highest BCUT2D eigenvalue weighted by Gasteiger charge is 2.56. The van der Waals surface area contributed by atoms with Gasteiger partial charge in [0.05, 0.1) is 40.5 Å². The number of hydrogen-bond donors (Lipinski definition) is 0. The molecule has 0 bridgehead atoms. The summed E-state index contributed by atoms with van der Waals surface area (Å²) < 4.78 is 63.4. The van der Waals surface area contributed by atoms with Crippen LogP contribution in [-0.4, -0.2) is 98.4 Å². The summed E-state index contributed by atoms with van der Waals surface area (Å²) in [4.78, 5) is 33.1. The van der Waals surface area contributed by atoms with E-state index in [-0.39, 0.29) is 24.2 Å². The summed E-state index contributed by atoms with van der Waals surface area (Å²) in [6.45, 7) is 15.5. The first-order valence-corrected chi connectivity index (χ1v) is 22.9. The van der Waals surface area contributed by atoms with Crippen LogP contribution >= 0.6 is 11.3 Å².